The number of fused-ring (bicyclic) bond motifs is 1. The van der Waals surface area contributed by atoms with E-state index in [2.05, 4.69) is 42.6 Å². The van der Waals surface area contributed by atoms with Gasteiger partial charge >= 0.3 is 0 Å². The zero-order valence-electron chi connectivity index (χ0n) is 11.0. The van der Waals surface area contributed by atoms with Crippen LogP contribution in [0.25, 0.3) is 10.9 Å². The van der Waals surface area contributed by atoms with Gasteiger partial charge in [-0.15, -0.1) is 0 Å². The molecule has 0 N–H and O–H groups in total. The number of hydrogen-bond acceptors (Lipinski definition) is 1. The Balaban J connectivity index is 0.000000606. The van der Waals surface area contributed by atoms with Crippen molar-refractivity contribution in [1.82, 2.24) is 9.55 Å². The normalized spacial score (nSPS) is 12.1. The van der Waals surface area contributed by atoms with Crippen LogP contribution in [-0.2, 0) is 0 Å². The second-order valence-electron chi connectivity index (χ2n) is 3.87. The minimum absolute atomic E-state index is 0.564. The molecule has 0 fully saturated rings. The maximum Gasteiger partial charge on any atom is 0.0516 e. The summed E-state index contributed by atoms with van der Waals surface area (Å²) in [5.41, 5.74) is 2.61. The summed E-state index contributed by atoms with van der Waals surface area (Å²) in [5, 5.41) is 1.27. The van der Waals surface area contributed by atoms with Gasteiger partial charge in [-0.1, -0.05) is 20.8 Å². The second-order valence-corrected chi connectivity index (χ2v) is 3.87. The van der Waals surface area contributed by atoms with Crippen molar-refractivity contribution in [3.8, 4) is 0 Å². The van der Waals surface area contributed by atoms with Gasteiger partial charge in [0.2, 0.25) is 0 Å². The van der Waals surface area contributed by atoms with Crippen molar-refractivity contribution in [3.63, 3.8) is 0 Å². The first-order valence-corrected chi connectivity index (χ1v) is 6.15. The second kappa shape index (κ2) is 5.69. The van der Waals surface area contributed by atoms with Crippen LogP contribution in [0.1, 0.15) is 45.7 Å². The molecule has 2 aromatic rings. The smallest absolute Gasteiger partial charge is 0.0516 e. The highest BCUT2D eigenvalue weighted by Crippen LogP contribution is 2.24. The van der Waals surface area contributed by atoms with Crippen molar-refractivity contribution in [2.24, 2.45) is 0 Å². The number of aryl methyl sites for hydroxylation is 1. The number of nitrogens with zero attached hydrogens (tertiary/aromatic N) is 2. The van der Waals surface area contributed by atoms with Crippen LogP contribution in [0.4, 0.5) is 0 Å². The lowest BCUT2D eigenvalue weighted by molar-refractivity contribution is 0.547. The molecule has 0 spiro atoms. The van der Waals surface area contributed by atoms with Gasteiger partial charge in [0.15, 0.2) is 0 Å². The Morgan fingerprint density at radius 1 is 1.38 bits per heavy atom. The number of pyridine rings is 1. The van der Waals surface area contributed by atoms with Crippen molar-refractivity contribution in [2.45, 2.75) is 47.1 Å². The highest BCUT2D eigenvalue weighted by atomic mass is 15.0. The Labute approximate surface area is 98.3 Å². The molecule has 0 aromatic carbocycles. The van der Waals surface area contributed by atoms with E-state index in [1.165, 1.54) is 16.5 Å². The molecule has 0 unspecified atom stereocenters. The Kier molecular flexibility index (Phi) is 4.53. The lowest BCUT2D eigenvalue weighted by Gasteiger charge is -2.12. The van der Waals surface area contributed by atoms with Gasteiger partial charge in [0.25, 0.3) is 0 Å². The fraction of sp³-hybridized carbons (Fsp3) is 0.500. The summed E-state index contributed by atoms with van der Waals surface area (Å²) >= 11 is 0. The Bertz CT molecular complexity index is 443. The number of rotatable bonds is 2. The third kappa shape index (κ3) is 2.26. The molecule has 0 aliphatic rings. The van der Waals surface area contributed by atoms with Gasteiger partial charge in [0.1, 0.15) is 0 Å². The SMILES string of the molecule is CC.CC[C@H](C)n1cc(C)c2cnccc21. The van der Waals surface area contributed by atoms with E-state index in [0.29, 0.717) is 6.04 Å². The first-order chi connectivity index (χ1) is 7.74. The van der Waals surface area contributed by atoms with Crippen LogP contribution in [0.2, 0.25) is 0 Å². The molecule has 0 radical (unpaired) electrons. The topological polar surface area (TPSA) is 17.8 Å². The molecule has 0 amide bonds. The highest BCUT2D eigenvalue weighted by Gasteiger charge is 2.08. The first-order valence-electron chi connectivity index (χ1n) is 6.15. The summed E-state index contributed by atoms with van der Waals surface area (Å²) < 4.78 is 2.34. The maximum atomic E-state index is 4.16. The highest BCUT2D eigenvalue weighted by molar-refractivity contribution is 5.82. The maximum absolute atomic E-state index is 4.16. The minimum atomic E-state index is 0.564. The Hall–Kier alpha value is -1.31. The molecule has 0 bridgehead atoms. The lowest BCUT2D eigenvalue weighted by atomic mass is 10.2. The zero-order chi connectivity index (χ0) is 12.1. The third-order valence-electron chi connectivity index (χ3n) is 2.90. The van der Waals surface area contributed by atoms with E-state index in [0.717, 1.165) is 6.42 Å². The molecule has 0 aliphatic heterocycles. The van der Waals surface area contributed by atoms with Crippen molar-refractivity contribution >= 4 is 10.9 Å². The average Bonchev–Trinajstić information content (AvgIpc) is 2.69. The molecule has 2 aromatic heterocycles. The lowest BCUT2D eigenvalue weighted by Crippen LogP contribution is -2.01. The van der Waals surface area contributed by atoms with Crippen molar-refractivity contribution in [3.05, 3.63) is 30.2 Å². The predicted octanol–water partition coefficient (Wildman–Crippen LogP) is 4.34. The average molecular weight is 218 g/mol. The minimum Gasteiger partial charge on any atom is -0.344 e. The molecule has 2 heteroatoms. The number of hydrogen-bond donors (Lipinski definition) is 0. The van der Waals surface area contributed by atoms with Gasteiger partial charge in [-0.3, -0.25) is 4.98 Å². The van der Waals surface area contributed by atoms with Gasteiger partial charge < -0.3 is 4.57 Å². The van der Waals surface area contributed by atoms with Crippen molar-refractivity contribution in [2.75, 3.05) is 0 Å². The van der Waals surface area contributed by atoms with E-state index < -0.39 is 0 Å². The third-order valence-corrected chi connectivity index (χ3v) is 2.90. The molecule has 2 rings (SSSR count). The molecule has 16 heavy (non-hydrogen) atoms. The van der Waals surface area contributed by atoms with E-state index >= 15 is 0 Å². The predicted molar refractivity (Wildman–Crippen MR) is 70.8 cm³/mol. The molecular formula is C14H22N2. The van der Waals surface area contributed by atoms with Crippen LogP contribution in [0.5, 0.6) is 0 Å². The van der Waals surface area contributed by atoms with Gasteiger partial charge in [0, 0.05) is 30.0 Å². The monoisotopic (exact) mass is 218 g/mol. The van der Waals surface area contributed by atoms with Gasteiger partial charge in [-0.2, -0.15) is 0 Å². The van der Waals surface area contributed by atoms with Crippen molar-refractivity contribution < 1.29 is 0 Å². The van der Waals surface area contributed by atoms with Gasteiger partial charge in [0.05, 0.1) is 5.52 Å². The Morgan fingerprint density at radius 3 is 2.69 bits per heavy atom. The van der Waals surface area contributed by atoms with Crippen LogP contribution in [0.15, 0.2) is 24.7 Å². The fourth-order valence-electron chi connectivity index (χ4n) is 1.83. The first kappa shape index (κ1) is 12.8. The quantitative estimate of drug-likeness (QED) is 0.733. The van der Waals surface area contributed by atoms with Crippen LogP contribution in [0.3, 0.4) is 0 Å². The van der Waals surface area contributed by atoms with Gasteiger partial charge in [-0.25, -0.2) is 0 Å². The van der Waals surface area contributed by atoms with E-state index in [9.17, 15) is 0 Å². The molecule has 0 aliphatic carbocycles. The summed E-state index contributed by atoms with van der Waals surface area (Å²) in [6, 6.07) is 2.66. The van der Waals surface area contributed by atoms with Crippen LogP contribution in [-0.4, -0.2) is 9.55 Å². The summed E-state index contributed by atoms with van der Waals surface area (Å²) in [7, 11) is 0. The Morgan fingerprint density at radius 2 is 2.06 bits per heavy atom. The van der Waals surface area contributed by atoms with Crippen LogP contribution in [0, 0.1) is 6.92 Å². The standard InChI is InChI=1S/C12H16N2.C2H6/c1-4-10(3)14-8-9(2)11-7-13-6-5-12(11)14;1-2/h5-8,10H,4H2,1-3H3;1-2H3/t10-;/m0./s1. The number of aromatic nitrogens is 2. The zero-order valence-corrected chi connectivity index (χ0v) is 11.0. The van der Waals surface area contributed by atoms with Crippen LogP contribution < -0.4 is 0 Å². The summed E-state index contributed by atoms with van der Waals surface area (Å²) in [6.45, 7) is 10.6. The molecular weight excluding hydrogens is 196 g/mol. The molecule has 88 valence electrons. The molecule has 2 nitrogen and oxygen atoms in total. The van der Waals surface area contributed by atoms with Gasteiger partial charge in [-0.05, 0) is 31.9 Å². The molecule has 2 heterocycles. The fourth-order valence-corrected chi connectivity index (χ4v) is 1.83. The summed E-state index contributed by atoms with van der Waals surface area (Å²) in [4.78, 5) is 4.16. The molecule has 1 atom stereocenters. The largest absolute Gasteiger partial charge is 0.344 e. The van der Waals surface area contributed by atoms with E-state index in [4.69, 9.17) is 0 Å². The molecule has 0 saturated carbocycles. The summed E-state index contributed by atoms with van der Waals surface area (Å²) in [5.74, 6) is 0. The van der Waals surface area contributed by atoms with Crippen molar-refractivity contribution in [1.29, 1.82) is 0 Å². The van der Waals surface area contributed by atoms with Crippen LogP contribution >= 0.6 is 0 Å². The molecule has 0 saturated heterocycles. The van der Waals surface area contributed by atoms with E-state index in [-0.39, 0.29) is 0 Å². The van der Waals surface area contributed by atoms with E-state index in [1.54, 1.807) is 0 Å². The van der Waals surface area contributed by atoms with E-state index in [1.807, 2.05) is 26.2 Å². The summed E-state index contributed by atoms with van der Waals surface area (Å²) in [6.07, 6.45) is 7.19.